The lowest BCUT2D eigenvalue weighted by Crippen LogP contribution is -2.58. The minimum atomic E-state index is -4.16. The number of hydrogen-bond donors (Lipinski definition) is 1. The molecule has 0 aromatic rings. The Bertz CT molecular complexity index is 343. The molecule has 116 valence electrons. The molecule has 0 aromatic carbocycles. The highest BCUT2D eigenvalue weighted by molar-refractivity contribution is 5.81. The van der Waals surface area contributed by atoms with Crippen LogP contribution < -0.4 is 5.32 Å². The quantitative estimate of drug-likeness (QED) is 0.812. The first-order valence-corrected chi connectivity index (χ1v) is 7.30. The van der Waals surface area contributed by atoms with Crippen molar-refractivity contribution in [2.75, 3.05) is 7.11 Å². The molecule has 2 fully saturated rings. The van der Waals surface area contributed by atoms with Crippen molar-refractivity contribution in [2.45, 2.75) is 69.1 Å². The standard InChI is InChI=1S/C14H22F3NO2/c1-20-12(19)13(18-11-4-2-3-5-11)8-6-10(7-9-13)14(15,16)17/h10-11,18H,2-9H2,1H3. The van der Waals surface area contributed by atoms with Crippen molar-refractivity contribution >= 4 is 5.97 Å². The molecule has 0 spiro atoms. The highest BCUT2D eigenvalue weighted by atomic mass is 19.4. The number of carbonyl (C=O) groups excluding carboxylic acids is 1. The van der Waals surface area contributed by atoms with Crippen LogP contribution in [0.4, 0.5) is 13.2 Å². The lowest BCUT2D eigenvalue weighted by atomic mass is 9.75. The van der Waals surface area contributed by atoms with Gasteiger partial charge in [-0.15, -0.1) is 0 Å². The normalized spacial score (nSPS) is 32.3. The summed E-state index contributed by atoms with van der Waals surface area (Å²) in [6, 6.07) is 0.233. The van der Waals surface area contributed by atoms with E-state index < -0.39 is 23.6 Å². The molecule has 3 nitrogen and oxygen atoms in total. The first-order valence-electron chi connectivity index (χ1n) is 7.30. The largest absolute Gasteiger partial charge is 0.468 e. The molecule has 6 heteroatoms. The van der Waals surface area contributed by atoms with E-state index in [0.29, 0.717) is 0 Å². The Balaban J connectivity index is 2.04. The third-order valence-electron chi connectivity index (χ3n) is 4.71. The van der Waals surface area contributed by atoms with Gasteiger partial charge in [0, 0.05) is 6.04 Å². The van der Waals surface area contributed by atoms with Crippen LogP contribution in [0.25, 0.3) is 0 Å². The van der Waals surface area contributed by atoms with E-state index in [1.807, 2.05) is 0 Å². The van der Waals surface area contributed by atoms with Crippen molar-refractivity contribution < 1.29 is 22.7 Å². The van der Waals surface area contributed by atoms with Gasteiger partial charge in [0.05, 0.1) is 13.0 Å². The molecular weight excluding hydrogens is 271 g/mol. The molecular formula is C14H22F3NO2. The molecule has 0 amide bonds. The van der Waals surface area contributed by atoms with Gasteiger partial charge in [-0.05, 0) is 38.5 Å². The van der Waals surface area contributed by atoms with Crippen LogP contribution in [0.5, 0.6) is 0 Å². The lowest BCUT2D eigenvalue weighted by Gasteiger charge is -2.40. The van der Waals surface area contributed by atoms with Crippen molar-refractivity contribution in [3.05, 3.63) is 0 Å². The number of carbonyl (C=O) groups is 1. The third kappa shape index (κ3) is 3.27. The fourth-order valence-electron chi connectivity index (χ4n) is 3.50. The summed E-state index contributed by atoms with van der Waals surface area (Å²) >= 11 is 0. The van der Waals surface area contributed by atoms with Gasteiger partial charge in [-0.1, -0.05) is 12.8 Å². The summed E-state index contributed by atoms with van der Waals surface area (Å²) in [6.45, 7) is 0. The molecule has 2 aliphatic rings. The monoisotopic (exact) mass is 293 g/mol. The van der Waals surface area contributed by atoms with E-state index in [-0.39, 0.29) is 31.7 Å². The average Bonchev–Trinajstić information content (AvgIpc) is 2.90. The van der Waals surface area contributed by atoms with Gasteiger partial charge in [0.15, 0.2) is 0 Å². The molecule has 1 N–H and O–H groups in total. The third-order valence-corrected chi connectivity index (χ3v) is 4.71. The number of rotatable bonds is 3. The second kappa shape index (κ2) is 5.92. The molecule has 2 saturated carbocycles. The number of ether oxygens (including phenoxy) is 1. The van der Waals surface area contributed by atoms with E-state index in [2.05, 4.69) is 5.32 Å². The van der Waals surface area contributed by atoms with E-state index in [1.165, 1.54) is 7.11 Å². The summed E-state index contributed by atoms with van der Waals surface area (Å²) in [6.07, 6.45) is 0.454. The maximum atomic E-state index is 12.7. The van der Waals surface area contributed by atoms with Gasteiger partial charge in [-0.2, -0.15) is 13.2 Å². The van der Waals surface area contributed by atoms with E-state index in [1.54, 1.807) is 0 Å². The first kappa shape index (κ1) is 15.6. The zero-order valence-electron chi connectivity index (χ0n) is 11.8. The molecule has 0 saturated heterocycles. The minimum absolute atomic E-state index is 0.00167. The minimum Gasteiger partial charge on any atom is -0.468 e. The summed E-state index contributed by atoms with van der Waals surface area (Å²) in [5.74, 6) is -1.70. The molecule has 0 heterocycles. The number of hydrogen-bond acceptors (Lipinski definition) is 3. The highest BCUT2D eigenvalue weighted by Gasteiger charge is 2.50. The maximum absolute atomic E-state index is 12.7. The number of methoxy groups -OCH3 is 1. The average molecular weight is 293 g/mol. The van der Waals surface area contributed by atoms with Gasteiger partial charge < -0.3 is 4.74 Å². The van der Waals surface area contributed by atoms with Crippen LogP contribution in [-0.4, -0.2) is 30.8 Å². The molecule has 0 atom stereocenters. The Labute approximate surface area is 117 Å². The van der Waals surface area contributed by atoms with E-state index in [4.69, 9.17) is 4.74 Å². The topological polar surface area (TPSA) is 38.3 Å². The van der Waals surface area contributed by atoms with Gasteiger partial charge in [0.1, 0.15) is 5.54 Å². The molecule has 0 radical (unpaired) electrons. The zero-order chi connectivity index (χ0) is 14.8. The summed E-state index contributed by atoms with van der Waals surface area (Å²) in [4.78, 5) is 12.1. The van der Waals surface area contributed by atoms with Crippen molar-refractivity contribution in [1.82, 2.24) is 5.32 Å². The van der Waals surface area contributed by atoms with E-state index >= 15 is 0 Å². The Morgan fingerprint density at radius 1 is 1.15 bits per heavy atom. The predicted octanol–water partition coefficient (Wildman–Crippen LogP) is 3.18. The Morgan fingerprint density at radius 2 is 1.70 bits per heavy atom. The van der Waals surface area contributed by atoms with Gasteiger partial charge in [-0.3, -0.25) is 10.1 Å². The summed E-state index contributed by atoms with van der Waals surface area (Å²) in [7, 11) is 1.30. The van der Waals surface area contributed by atoms with Gasteiger partial charge in [-0.25, -0.2) is 0 Å². The van der Waals surface area contributed by atoms with Crippen LogP contribution in [0.2, 0.25) is 0 Å². The van der Waals surface area contributed by atoms with Crippen LogP contribution in [-0.2, 0) is 9.53 Å². The number of halogens is 3. The summed E-state index contributed by atoms with van der Waals surface area (Å²) in [5, 5.41) is 3.31. The van der Waals surface area contributed by atoms with Gasteiger partial charge >= 0.3 is 12.1 Å². The molecule has 0 unspecified atom stereocenters. The molecule has 2 rings (SSSR count). The molecule has 2 aliphatic carbocycles. The van der Waals surface area contributed by atoms with Crippen LogP contribution in [0, 0.1) is 5.92 Å². The fraction of sp³-hybridized carbons (Fsp3) is 0.929. The van der Waals surface area contributed by atoms with Crippen LogP contribution >= 0.6 is 0 Å². The number of alkyl halides is 3. The fourth-order valence-corrected chi connectivity index (χ4v) is 3.50. The molecule has 0 bridgehead atoms. The Morgan fingerprint density at radius 3 is 2.15 bits per heavy atom. The van der Waals surface area contributed by atoms with Gasteiger partial charge in [0.2, 0.25) is 0 Å². The van der Waals surface area contributed by atoms with Crippen molar-refractivity contribution in [3.63, 3.8) is 0 Å². The van der Waals surface area contributed by atoms with Crippen LogP contribution in [0.3, 0.4) is 0 Å². The predicted molar refractivity (Wildman–Crippen MR) is 68.2 cm³/mol. The zero-order valence-corrected chi connectivity index (χ0v) is 11.8. The molecule has 20 heavy (non-hydrogen) atoms. The second-order valence-corrected chi connectivity index (χ2v) is 6.02. The molecule has 0 aromatic heterocycles. The maximum Gasteiger partial charge on any atom is 0.391 e. The Kier molecular flexibility index (Phi) is 4.62. The van der Waals surface area contributed by atoms with Crippen molar-refractivity contribution in [2.24, 2.45) is 5.92 Å². The highest BCUT2D eigenvalue weighted by Crippen LogP contribution is 2.42. The SMILES string of the molecule is COC(=O)C1(NC2CCCC2)CCC(C(F)(F)F)CC1. The second-order valence-electron chi connectivity index (χ2n) is 6.02. The number of nitrogens with one attached hydrogen (secondary N) is 1. The Hall–Kier alpha value is -0.780. The summed E-state index contributed by atoms with van der Waals surface area (Å²) < 4.78 is 43.1. The number of esters is 1. The summed E-state index contributed by atoms with van der Waals surface area (Å²) in [5.41, 5.74) is -0.911. The van der Waals surface area contributed by atoms with Crippen molar-refractivity contribution in [3.8, 4) is 0 Å². The van der Waals surface area contributed by atoms with E-state index in [9.17, 15) is 18.0 Å². The molecule has 0 aliphatic heterocycles. The smallest absolute Gasteiger partial charge is 0.391 e. The van der Waals surface area contributed by atoms with E-state index in [0.717, 1.165) is 25.7 Å². The van der Waals surface area contributed by atoms with Crippen molar-refractivity contribution in [1.29, 1.82) is 0 Å². The van der Waals surface area contributed by atoms with Crippen LogP contribution in [0.15, 0.2) is 0 Å². The first-order chi connectivity index (χ1) is 9.37. The lowest BCUT2D eigenvalue weighted by molar-refractivity contribution is -0.189. The van der Waals surface area contributed by atoms with Gasteiger partial charge in [0.25, 0.3) is 0 Å². The van der Waals surface area contributed by atoms with Crippen LogP contribution in [0.1, 0.15) is 51.4 Å².